The van der Waals surface area contributed by atoms with Crippen LogP contribution in [0.3, 0.4) is 0 Å². The number of ether oxygens (including phenoxy) is 2. The van der Waals surface area contributed by atoms with Gasteiger partial charge in [-0.15, -0.1) is 0 Å². The minimum Gasteiger partial charge on any atom is -0.507 e. The van der Waals surface area contributed by atoms with E-state index in [0.717, 1.165) is 43.4 Å². The van der Waals surface area contributed by atoms with Crippen molar-refractivity contribution < 1.29 is 24.2 Å². The fraction of sp³-hybridized carbons (Fsp3) is 0.429. The Morgan fingerprint density at radius 3 is 2.53 bits per heavy atom. The van der Waals surface area contributed by atoms with Crippen molar-refractivity contribution in [2.24, 2.45) is 0 Å². The summed E-state index contributed by atoms with van der Waals surface area (Å²) >= 11 is 0. The Labute approximate surface area is 200 Å². The second-order valence-corrected chi connectivity index (χ2v) is 9.28. The zero-order valence-electron chi connectivity index (χ0n) is 19.6. The molecule has 1 amide bonds. The average Bonchev–Trinajstić information content (AvgIpc) is 3.46. The lowest BCUT2D eigenvalue weighted by molar-refractivity contribution is -0.140. The van der Waals surface area contributed by atoms with Gasteiger partial charge in [0.1, 0.15) is 11.5 Å². The molecule has 2 heterocycles. The van der Waals surface area contributed by atoms with Crippen LogP contribution in [-0.4, -0.2) is 47.6 Å². The predicted molar refractivity (Wildman–Crippen MR) is 129 cm³/mol. The highest BCUT2D eigenvalue weighted by molar-refractivity contribution is 6.46. The van der Waals surface area contributed by atoms with Crippen LogP contribution in [0.15, 0.2) is 48.0 Å². The molecule has 34 heavy (non-hydrogen) atoms. The third-order valence-electron chi connectivity index (χ3n) is 7.09. The second kappa shape index (κ2) is 9.63. The highest BCUT2D eigenvalue weighted by Gasteiger charge is 2.47. The topological polar surface area (TPSA) is 76.1 Å². The number of rotatable bonds is 6. The van der Waals surface area contributed by atoms with Crippen LogP contribution in [0.2, 0.25) is 0 Å². The van der Waals surface area contributed by atoms with Gasteiger partial charge in [-0.25, -0.2) is 0 Å². The van der Waals surface area contributed by atoms with Crippen LogP contribution >= 0.6 is 0 Å². The fourth-order valence-electron chi connectivity index (χ4n) is 5.37. The zero-order valence-corrected chi connectivity index (χ0v) is 19.6. The van der Waals surface area contributed by atoms with E-state index in [1.807, 2.05) is 49.4 Å². The van der Waals surface area contributed by atoms with Crippen molar-refractivity contribution in [3.63, 3.8) is 0 Å². The van der Waals surface area contributed by atoms with Crippen LogP contribution in [0.1, 0.15) is 60.9 Å². The molecule has 6 heteroatoms. The van der Waals surface area contributed by atoms with Crippen LogP contribution in [0.25, 0.3) is 5.76 Å². The molecule has 0 aromatic heterocycles. The maximum absolute atomic E-state index is 13.3. The summed E-state index contributed by atoms with van der Waals surface area (Å²) in [4.78, 5) is 28.0. The molecular weight excluding hydrogens is 430 g/mol. The number of hydrogen-bond acceptors (Lipinski definition) is 5. The molecule has 178 valence electrons. The summed E-state index contributed by atoms with van der Waals surface area (Å²) in [6.07, 6.45) is 5.98. The Kier molecular flexibility index (Phi) is 6.42. The molecule has 0 spiro atoms. The number of Topliss-reactive ketones (excluding diaryl/α,β-unsaturated/α-hetero) is 1. The SMILES string of the molecule is CCOc1ccc(C2/C(=C(/O)c3ccc4c(c3)CCCC4)C(=O)C(=O)N2CC2CCCO2)cc1. The quantitative estimate of drug-likeness (QED) is 0.388. The van der Waals surface area contributed by atoms with Gasteiger partial charge < -0.3 is 19.5 Å². The summed E-state index contributed by atoms with van der Waals surface area (Å²) in [5, 5.41) is 11.4. The maximum atomic E-state index is 13.3. The summed E-state index contributed by atoms with van der Waals surface area (Å²) in [5.74, 6) is -0.626. The number of aryl methyl sites for hydroxylation is 2. The van der Waals surface area contributed by atoms with Gasteiger partial charge in [-0.05, 0) is 80.3 Å². The van der Waals surface area contributed by atoms with Crippen LogP contribution in [-0.2, 0) is 27.2 Å². The van der Waals surface area contributed by atoms with Crippen molar-refractivity contribution in [1.29, 1.82) is 0 Å². The highest BCUT2D eigenvalue weighted by Crippen LogP contribution is 2.41. The number of aliphatic hydroxyl groups excluding tert-OH is 1. The molecule has 1 aliphatic carbocycles. The van der Waals surface area contributed by atoms with Gasteiger partial charge in [0.2, 0.25) is 0 Å². The van der Waals surface area contributed by atoms with Crippen LogP contribution < -0.4 is 4.74 Å². The standard InChI is InChI=1S/C28H31NO5/c1-2-33-22-13-11-19(12-14-22)25-24(27(31)28(32)29(25)17-23-8-5-15-34-23)26(30)21-10-9-18-6-3-4-7-20(18)16-21/h9-14,16,23,25,30H,2-8,15,17H2,1H3/b26-24-. The van der Waals surface area contributed by atoms with E-state index in [1.54, 1.807) is 4.90 Å². The number of carbonyl (C=O) groups excluding carboxylic acids is 2. The molecule has 2 saturated heterocycles. The molecule has 2 unspecified atom stereocenters. The van der Waals surface area contributed by atoms with Crippen molar-refractivity contribution >= 4 is 17.4 Å². The van der Waals surface area contributed by atoms with Gasteiger partial charge in [0, 0.05) is 18.7 Å². The number of likely N-dealkylation sites (tertiary alicyclic amines) is 1. The van der Waals surface area contributed by atoms with Gasteiger partial charge in [-0.2, -0.15) is 0 Å². The largest absolute Gasteiger partial charge is 0.507 e. The number of hydrogen-bond donors (Lipinski definition) is 1. The summed E-state index contributed by atoms with van der Waals surface area (Å²) in [6.45, 7) is 3.46. The number of carbonyl (C=O) groups is 2. The molecule has 3 aliphatic rings. The predicted octanol–water partition coefficient (Wildman–Crippen LogP) is 4.56. The van der Waals surface area contributed by atoms with E-state index in [9.17, 15) is 14.7 Å². The molecule has 0 radical (unpaired) electrons. The van der Waals surface area contributed by atoms with E-state index in [2.05, 4.69) is 0 Å². The van der Waals surface area contributed by atoms with Gasteiger partial charge in [0.05, 0.1) is 24.3 Å². The third-order valence-corrected chi connectivity index (χ3v) is 7.09. The first-order valence-electron chi connectivity index (χ1n) is 12.3. The Hall–Kier alpha value is -3.12. The van der Waals surface area contributed by atoms with E-state index < -0.39 is 17.7 Å². The molecule has 2 aromatic carbocycles. The summed E-state index contributed by atoms with van der Waals surface area (Å²) in [5.41, 5.74) is 4.00. The van der Waals surface area contributed by atoms with Crippen LogP contribution in [0.5, 0.6) is 5.75 Å². The monoisotopic (exact) mass is 461 g/mol. The number of fused-ring (bicyclic) bond motifs is 1. The van der Waals surface area contributed by atoms with E-state index in [-0.39, 0.29) is 17.4 Å². The number of amides is 1. The lowest BCUT2D eigenvalue weighted by Crippen LogP contribution is -2.36. The normalized spacial score (nSPS) is 23.9. The van der Waals surface area contributed by atoms with Gasteiger partial charge in [-0.3, -0.25) is 9.59 Å². The Balaban J connectivity index is 1.58. The average molecular weight is 462 g/mol. The lowest BCUT2D eigenvalue weighted by atomic mass is 9.88. The van der Waals surface area contributed by atoms with Gasteiger partial charge in [-0.1, -0.05) is 24.3 Å². The number of aliphatic hydroxyl groups is 1. The van der Waals surface area contributed by atoms with E-state index in [4.69, 9.17) is 9.47 Å². The fourth-order valence-corrected chi connectivity index (χ4v) is 5.37. The molecule has 0 saturated carbocycles. The van der Waals surface area contributed by atoms with Crippen molar-refractivity contribution in [2.45, 2.75) is 57.6 Å². The first-order valence-corrected chi connectivity index (χ1v) is 12.3. The van der Waals surface area contributed by atoms with E-state index >= 15 is 0 Å². The molecule has 0 bridgehead atoms. The van der Waals surface area contributed by atoms with Crippen LogP contribution in [0.4, 0.5) is 0 Å². The molecule has 2 atom stereocenters. The molecule has 2 fully saturated rings. The number of nitrogens with zero attached hydrogens (tertiary/aromatic N) is 1. The van der Waals surface area contributed by atoms with Gasteiger partial charge in [0.25, 0.3) is 11.7 Å². The van der Waals surface area contributed by atoms with Crippen molar-refractivity contribution in [3.05, 3.63) is 70.3 Å². The Morgan fingerprint density at radius 2 is 1.82 bits per heavy atom. The summed E-state index contributed by atoms with van der Waals surface area (Å²) in [6, 6.07) is 12.6. The maximum Gasteiger partial charge on any atom is 0.295 e. The van der Waals surface area contributed by atoms with Crippen molar-refractivity contribution in [1.82, 2.24) is 4.90 Å². The first-order chi connectivity index (χ1) is 16.6. The highest BCUT2D eigenvalue weighted by atomic mass is 16.5. The van der Waals surface area contributed by atoms with Gasteiger partial charge >= 0.3 is 0 Å². The Morgan fingerprint density at radius 1 is 1.06 bits per heavy atom. The van der Waals surface area contributed by atoms with Crippen molar-refractivity contribution in [3.8, 4) is 5.75 Å². The molecule has 2 aromatic rings. The molecule has 5 rings (SSSR count). The Bertz CT molecular complexity index is 1110. The van der Waals surface area contributed by atoms with E-state index in [1.165, 1.54) is 17.5 Å². The zero-order chi connectivity index (χ0) is 23.7. The van der Waals surface area contributed by atoms with E-state index in [0.29, 0.717) is 25.3 Å². The second-order valence-electron chi connectivity index (χ2n) is 9.28. The molecule has 2 aliphatic heterocycles. The van der Waals surface area contributed by atoms with Crippen LogP contribution in [0, 0.1) is 0 Å². The minimum atomic E-state index is -0.670. The molecular formula is C28H31NO5. The number of benzene rings is 2. The summed E-state index contributed by atoms with van der Waals surface area (Å²) < 4.78 is 11.3. The number of ketones is 1. The lowest BCUT2D eigenvalue weighted by Gasteiger charge is -2.27. The third kappa shape index (κ3) is 4.23. The van der Waals surface area contributed by atoms with Gasteiger partial charge in [0.15, 0.2) is 0 Å². The molecule has 1 N–H and O–H groups in total. The molecule has 6 nitrogen and oxygen atoms in total. The first kappa shape index (κ1) is 22.7. The minimum absolute atomic E-state index is 0.104. The summed E-state index contributed by atoms with van der Waals surface area (Å²) in [7, 11) is 0. The smallest absolute Gasteiger partial charge is 0.295 e. The van der Waals surface area contributed by atoms with Crippen molar-refractivity contribution in [2.75, 3.05) is 19.8 Å².